The molecule has 0 nitrogen and oxygen atoms in total. The molecule has 0 N–H and O–H groups in total. The predicted molar refractivity (Wildman–Crippen MR) is 115 cm³/mol. The molecule has 1 unspecified atom stereocenters. The van der Waals surface area contributed by atoms with Crippen molar-refractivity contribution < 1.29 is 0 Å². The maximum absolute atomic E-state index is 2.52. The van der Waals surface area contributed by atoms with Crippen LogP contribution in [0.25, 0.3) is 11.1 Å². The molecule has 3 aliphatic rings. The molecule has 2 aromatic carbocycles. The maximum atomic E-state index is 2.52. The number of fused-ring (bicyclic) bond motifs is 3. The lowest BCUT2D eigenvalue weighted by atomic mass is 9.56. The van der Waals surface area contributed by atoms with Crippen LogP contribution < -0.4 is 0 Å². The molecule has 0 aromatic heterocycles. The molecule has 0 heteroatoms. The van der Waals surface area contributed by atoms with Gasteiger partial charge >= 0.3 is 0 Å². The minimum atomic E-state index is 0.242. The van der Waals surface area contributed by atoms with E-state index in [1.807, 2.05) is 0 Å². The highest BCUT2D eigenvalue weighted by Crippen LogP contribution is 2.61. The van der Waals surface area contributed by atoms with Gasteiger partial charge in [0.1, 0.15) is 0 Å². The third-order valence-electron chi connectivity index (χ3n) is 7.82. The molecule has 3 aliphatic carbocycles. The van der Waals surface area contributed by atoms with Gasteiger partial charge in [-0.1, -0.05) is 79.4 Å². The Balaban J connectivity index is 1.73. The Hall–Kier alpha value is -1.82. The second-order valence-corrected chi connectivity index (χ2v) is 9.16. The Bertz CT molecular complexity index is 804. The molecule has 2 aromatic rings. The summed E-state index contributed by atoms with van der Waals surface area (Å²) < 4.78 is 0. The summed E-state index contributed by atoms with van der Waals surface area (Å²) in [7, 11) is 0. The summed E-state index contributed by atoms with van der Waals surface area (Å²) in [5, 5.41) is 0. The molecule has 0 saturated heterocycles. The molecule has 0 amide bonds. The van der Waals surface area contributed by atoms with Crippen molar-refractivity contribution in [3.63, 3.8) is 0 Å². The third kappa shape index (κ3) is 2.64. The monoisotopic (exact) mass is 356 g/mol. The summed E-state index contributed by atoms with van der Waals surface area (Å²) in [6.45, 7) is 2.34. The molecule has 27 heavy (non-hydrogen) atoms. The quantitative estimate of drug-likeness (QED) is 0.484. The first-order valence-electron chi connectivity index (χ1n) is 11.2. The Morgan fingerprint density at radius 3 is 1.96 bits per heavy atom. The smallest absolute Gasteiger partial charge is 0.0271 e. The third-order valence-corrected chi connectivity index (χ3v) is 7.82. The normalized spacial score (nSPS) is 24.6. The van der Waals surface area contributed by atoms with Crippen molar-refractivity contribution >= 4 is 0 Å². The summed E-state index contributed by atoms with van der Waals surface area (Å²) in [5.41, 5.74) is 8.20. The zero-order chi connectivity index (χ0) is 18.3. The molecule has 1 saturated carbocycles. The topological polar surface area (TPSA) is 0 Å². The van der Waals surface area contributed by atoms with Gasteiger partial charge in [0.2, 0.25) is 0 Å². The predicted octanol–water partition coefficient (Wildman–Crippen LogP) is 7.67. The van der Waals surface area contributed by atoms with E-state index in [0.717, 1.165) is 11.8 Å². The van der Waals surface area contributed by atoms with Gasteiger partial charge in [0, 0.05) is 5.41 Å². The van der Waals surface area contributed by atoms with Crippen molar-refractivity contribution in [2.45, 2.75) is 70.1 Å². The summed E-state index contributed by atoms with van der Waals surface area (Å²) in [4.78, 5) is 0. The van der Waals surface area contributed by atoms with Gasteiger partial charge < -0.3 is 0 Å². The molecule has 0 heterocycles. The minimum Gasteiger partial charge on any atom is -0.0856 e. The molecular weight excluding hydrogens is 324 g/mol. The summed E-state index contributed by atoms with van der Waals surface area (Å²) in [5.74, 6) is 1.57. The van der Waals surface area contributed by atoms with E-state index in [2.05, 4.69) is 61.5 Å². The Labute approximate surface area is 164 Å². The molecule has 140 valence electrons. The van der Waals surface area contributed by atoms with Crippen LogP contribution in [0.1, 0.15) is 75.8 Å². The van der Waals surface area contributed by atoms with Crippen LogP contribution in [0.2, 0.25) is 0 Å². The number of hydrogen-bond acceptors (Lipinski definition) is 0. The summed E-state index contributed by atoms with van der Waals surface area (Å²) in [6.07, 6.45) is 14.8. The fraction of sp³-hybridized carbons (Fsp3) is 0.481. The van der Waals surface area contributed by atoms with Gasteiger partial charge in [0.15, 0.2) is 0 Å². The summed E-state index contributed by atoms with van der Waals surface area (Å²) in [6, 6.07) is 18.8. The average molecular weight is 357 g/mol. The van der Waals surface area contributed by atoms with E-state index in [1.54, 1.807) is 16.7 Å². The van der Waals surface area contributed by atoms with Crippen LogP contribution in [0, 0.1) is 11.8 Å². The molecule has 5 rings (SSSR count). The highest BCUT2D eigenvalue weighted by molar-refractivity contribution is 5.81. The Morgan fingerprint density at radius 1 is 0.704 bits per heavy atom. The van der Waals surface area contributed by atoms with E-state index in [9.17, 15) is 0 Å². The van der Waals surface area contributed by atoms with Crippen LogP contribution in [0.5, 0.6) is 0 Å². The van der Waals surface area contributed by atoms with Gasteiger partial charge in [-0.25, -0.2) is 0 Å². The molecule has 1 fully saturated rings. The number of allylic oxidation sites excluding steroid dienone is 2. The van der Waals surface area contributed by atoms with Crippen LogP contribution >= 0.6 is 0 Å². The molecule has 0 spiro atoms. The fourth-order valence-corrected chi connectivity index (χ4v) is 6.71. The zero-order valence-corrected chi connectivity index (χ0v) is 16.7. The summed E-state index contributed by atoms with van der Waals surface area (Å²) >= 11 is 0. The highest BCUT2D eigenvalue weighted by Gasteiger charge is 2.52. The number of rotatable bonds is 2. The largest absolute Gasteiger partial charge is 0.0856 e. The molecule has 1 atom stereocenters. The van der Waals surface area contributed by atoms with Crippen LogP contribution in [0.3, 0.4) is 0 Å². The average Bonchev–Trinajstić information content (AvgIpc) is 2.85. The van der Waals surface area contributed by atoms with Crippen molar-refractivity contribution in [2.75, 3.05) is 0 Å². The van der Waals surface area contributed by atoms with E-state index >= 15 is 0 Å². The molecule has 0 bridgehead atoms. The van der Waals surface area contributed by atoms with Crippen molar-refractivity contribution in [3.8, 4) is 11.1 Å². The van der Waals surface area contributed by atoms with Crippen molar-refractivity contribution in [1.29, 1.82) is 0 Å². The second-order valence-electron chi connectivity index (χ2n) is 9.16. The van der Waals surface area contributed by atoms with Crippen LogP contribution in [-0.2, 0) is 5.41 Å². The Morgan fingerprint density at radius 2 is 1.30 bits per heavy atom. The van der Waals surface area contributed by atoms with Crippen molar-refractivity contribution in [1.82, 2.24) is 0 Å². The first-order chi connectivity index (χ1) is 13.3. The lowest BCUT2D eigenvalue weighted by Gasteiger charge is -2.47. The van der Waals surface area contributed by atoms with Gasteiger partial charge in [-0.3, -0.25) is 0 Å². The lowest BCUT2D eigenvalue weighted by Crippen LogP contribution is -2.43. The van der Waals surface area contributed by atoms with E-state index in [0.29, 0.717) is 0 Å². The van der Waals surface area contributed by atoms with Crippen LogP contribution in [0.15, 0.2) is 60.2 Å². The van der Waals surface area contributed by atoms with Crippen molar-refractivity contribution in [3.05, 3.63) is 71.3 Å². The van der Waals surface area contributed by atoms with E-state index in [-0.39, 0.29) is 5.41 Å². The van der Waals surface area contributed by atoms with Gasteiger partial charge in [0.25, 0.3) is 0 Å². The molecule has 0 aliphatic heterocycles. The number of hydrogen-bond donors (Lipinski definition) is 0. The first kappa shape index (κ1) is 17.3. The van der Waals surface area contributed by atoms with Gasteiger partial charge in [0.05, 0.1) is 0 Å². The standard InChI is InChI=1S/C27H32/c1-20-10-9-13-22(19-18-20)27(21-11-3-2-4-12-21)25-16-7-5-14-23(25)24-15-6-8-17-26(24)27/h5-8,10,14-17,21-22H,2-4,9,11-13,18-19H2,1H3. The van der Waals surface area contributed by atoms with Gasteiger partial charge in [-0.2, -0.15) is 0 Å². The lowest BCUT2D eigenvalue weighted by molar-refractivity contribution is 0.157. The minimum absolute atomic E-state index is 0.242. The van der Waals surface area contributed by atoms with Crippen LogP contribution in [-0.4, -0.2) is 0 Å². The van der Waals surface area contributed by atoms with Crippen molar-refractivity contribution in [2.24, 2.45) is 11.8 Å². The molecular formula is C27H32. The van der Waals surface area contributed by atoms with Gasteiger partial charge in [-0.15, -0.1) is 0 Å². The highest BCUT2D eigenvalue weighted by atomic mass is 14.5. The fourth-order valence-electron chi connectivity index (χ4n) is 6.71. The first-order valence-corrected chi connectivity index (χ1v) is 11.2. The number of benzene rings is 2. The maximum Gasteiger partial charge on any atom is 0.0271 e. The van der Waals surface area contributed by atoms with E-state index in [4.69, 9.17) is 0 Å². The Kier molecular flexibility index (Phi) is 4.46. The van der Waals surface area contributed by atoms with E-state index in [1.165, 1.54) is 68.9 Å². The van der Waals surface area contributed by atoms with Crippen LogP contribution in [0.4, 0.5) is 0 Å². The molecule has 0 radical (unpaired) electrons. The SMILES string of the molecule is CC1=CCCC(C2(C3CCCCC3)c3ccccc3-c3ccccc32)CC1. The van der Waals surface area contributed by atoms with E-state index < -0.39 is 0 Å². The van der Waals surface area contributed by atoms with Gasteiger partial charge in [-0.05, 0) is 79.5 Å². The zero-order valence-electron chi connectivity index (χ0n) is 16.7. The second kappa shape index (κ2) is 6.97.